The molecule has 0 aromatic carbocycles. The first-order valence-electron chi connectivity index (χ1n) is 6.56. The fourth-order valence-corrected chi connectivity index (χ4v) is 2.12. The summed E-state index contributed by atoms with van der Waals surface area (Å²) >= 11 is 0. The van der Waals surface area contributed by atoms with Crippen molar-refractivity contribution in [1.82, 2.24) is 10.2 Å². The summed E-state index contributed by atoms with van der Waals surface area (Å²) in [4.78, 5) is 25.4. The Balaban J connectivity index is 2.48. The molecule has 1 heterocycles. The van der Waals surface area contributed by atoms with Gasteiger partial charge < -0.3 is 10.2 Å². The van der Waals surface area contributed by atoms with Crippen LogP contribution in [0.1, 0.15) is 39.5 Å². The van der Waals surface area contributed by atoms with Crippen LogP contribution in [-0.4, -0.2) is 35.8 Å². The minimum atomic E-state index is -0.348. The third-order valence-electron chi connectivity index (χ3n) is 2.99. The van der Waals surface area contributed by atoms with Crippen LogP contribution >= 0.6 is 0 Å². The van der Waals surface area contributed by atoms with Gasteiger partial charge in [0.25, 0.3) is 0 Å². The van der Waals surface area contributed by atoms with Gasteiger partial charge in [0.15, 0.2) is 0 Å². The maximum absolute atomic E-state index is 12.1. The monoisotopic (exact) mass is 250 g/mol. The Morgan fingerprint density at radius 3 is 2.78 bits per heavy atom. The van der Waals surface area contributed by atoms with Crippen molar-refractivity contribution in [2.45, 2.75) is 45.6 Å². The normalized spacial score (nSPS) is 19.9. The largest absolute Gasteiger partial charge is 0.343 e. The van der Waals surface area contributed by atoms with Crippen LogP contribution in [0.3, 0.4) is 0 Å². The van der Waals surface area contributed by atoms with Gasteiger partial charge in [-0.2, -0.15) is 0 Å². The van der Waals surface area contributed by atoms with Gasteiger partial charge in [0.2, 0.25) is 11.8 Å². The molecule has 0 radical (unpaired) electrons. The number of carbonyl (C=O) groups excluding carboxylic acids is 2. The Kier molecular flexibility index (Phi) is 5.70. The molecule has 0 bridgehead atoms. The molecule has 0 aromatic rings. The first kappa shape index (κ1) is 14.6. The van der Waals surface area contributed by atoms with Crippen LogP contribution in [0.15, 0.2) is 0 Å². The molecule has 18 heavy (non-hydrogen) atoms. The summed E-state index contributed by atoms with van der Waals surface area (Å²) < 4.78 is 0. The third kappa shape index (κ3) is 4.40. The maximum atomic E-state index is 12.1. The number of hydrogen-bond acceptors (Lipinski definition) is 2. The first-order valence-corrected chi connectivity index (χ1v) is 6.56. The van der Waals surface area contributed by atoms with Crippen LogP contribution in [0, 0.1) is 18.3 Å². The van der Waals surface area contributed by atoms with E-state index in [1.165, 1.54) is 0 Å². The smallest absolute Gasteiger partial charge is 0.245 e. The Morgan fingerprint density at radius 1 is 1.44 bits per heavy atom. The van der Waals surface area contributed by atoms with Crippen molar-refractivity contribution < 1.29 is 9.59 Å². The van der Waals surface area contributed by atoms with Gasteiger partial charge in [-0.05, 0) is 25.2 Å². The van der Waals surface area contributed by atoms with Gasteiger partial charge in [-0.3, -0.25) is 9.59 Å². The minimum absolute atomic E-state index is 0.0454. The number of carbonyl (C=O) groups is 2. The second kappa shape index (κ2) is 7.05. The predicted octanol–water partition coefficient (Wildman–Crippen LogP) is 1.16. The second-order valence-corrected chi connectivity index (χ2v) is 5.17. The number of amides is 2. The Morgan fingerprint density at radius 2 is 2.17 bits per heavy atom. The van der Waals surface area contributed by atoms with E-state index in [2.05, 4.69) is 11.2 Å². The summed E-state index contributed by atoms with van der Waals surface area (Å²) in [6.45, 7) is 4.91. The van der Waals surface area contributed by atoms with Crippen molar-refractivity contribution in [3.8, 4) is 12.3 Å². The van der Waals surface area contributed by atoms with Gasteiger partial charge in [-0.15, -0.1) is 12.3 Å². The molecule has 1 rings (SSSR count). The molecule has 1 aliphatic rings. The fourth-order valence-electron chi connectivity index (χ4n) is 2.12. The lowest BCUT2D eigenvalue weighted by atomic mass is 10.0. The molecule has 1 saturated heterocycles. The van der Waals surface area contributed by atoms with Crippen molar-refractivity contribution in [3.05, 3.63) is 0 Å². The number of piperazine rings is 1. The second-order valence-electron chi connectivity index (χ2n) is 5.17. The van der Waals surface area contributed by atoms with Gasteiger partial charge in [-0.1, -0.05) is 13.8 Å². The number of nitrogens with zero attached hydrogens (tertiary/aromatic N) is 1. The van der Waals surface area contributed by atoms with Gasteiger partial charge in [-0.25, -0.2) is 0 Å². The zero-order chi connectivity index (χ0) is 13.5. The predicted molar refractivity (Wildman–Crippen MR) is 70.6 cm³/mol. The molecule has 0 aromatic heterocycles. The first-order chi connectivity index (χ1) is 8.54. The van der Waals surface area contributed by atoms with Crippen molar-refractivity contribution in [2.24, 2.45) is 5.92 Å². The van der Waals surface area contributed by atoms with E-state index in [1.54, 1.807) is 4.90 Å². The van der Waals surface area contributed by atoms with E-state index in [0.29, 0.717) is 18.9 Å². The van der Waals surface area contributed by atoms with Crippen LogP contribution in [0.2, 0.25) is 0 Å². The molecule has 1 atom stereocenters. The highest BCUT2D eigenvalue weighted by Crippen LogP contribution is 2.12. The zero-order valence-corrected chi connectivity index (χ0v) is 11.2. The van der Waals surface area contributed by atoms with Crippen molar-refractivity contribution >= 4 is 11.8 Å². The van der Waals surface area contributed by atoms with Gasteiger partial charge in [0.05, 0.1) is 6.54 Å². The minimum Gasteiger partial charge on any atom is -0.343 e. The highest BCUT2D eigenvalue weighted by Gasteiger charge is 2.32. The summed E-state index contributed by atoms with van der Waals surface area (Å²) in [5.41, 5.74) is 0. The number of nitrogens with one attached hydrogen (secondary N) is 1. The summed E-state index contributed by atoms with van der Waals surface area (Å²) in [5, 5.41) is 2.77. The molecular formula is C14H22N2O2. The Labute approximate surface area is 109 Å². The summed E-state index contributed by atoms with van der Waals surface area (Å²) in [7, 11) is 0. The van der Waals surface area contributed by atoms with E-state index in [-0.39, 0.29) is 24.4 Å². The Bertz CT molecular complexity index is 344. The zero-order valence-electron chi connectivity index (χ0n) is 11.2. The molecule has 0 aliphatic carbocycles. The average molecular weight is 250 g/mol. The molecule has 1 aliphatic heterocycles. The van der Waals surface area contributed by atoms with Crippen molar-refractivity contribution in [3.63, 3.8) is 0 Å². The third-order valence-corrected chi connectivity index (χ3v) is 2.99. The number of unbranched alkanes of at least 4 members (excludes halogenated alkanes) is 2. The number of rotatable bonds is 6. The molecule has 0 saturated carbocycles. The molecule has 0 spiro atoms. The summed E-state index contributed by atoms with van der Waals surface area (Å²) in [6, 6.07) is -0.348. The van der Waals surface area contributed by atoms with Crippen LogP contribution in [0.4, 0.5) is 0 Å². The van der Waals surface area contributed by atoms with Crippen LogP contribution in [0.5, 0.6) is 0 Å². The van der Waals surface area contributed by atoms with E-state index in [0.717, 1.165) is 19.3 Å². The molecule has 2 amide bonds. The van der Waals surface area contributed by atoms with E-state index in [9.17, 15) is 9.59 Å². The van der Waals surface area contributed by atoms with Crippen LogP contribution in [0.25, 0.3) is 0 Å². The lowest BCUT2D eigenvalue weighted by Crippen LogP contribution is -2.58. The Hall–Kier alpha value is -1.50. The van der Waals surface area contributed by atoms with Gasteiger partial charge in [0, 0.05) is 13.0 Å². The van der Waals surface area contributed by atoms with E-state index in [1.807, 2.05) is 13.8 Å². The SMILES string of the molecule is C#CCCCCN1CC(=O)NC(CC(C)C)C1=O. The highest BCUT2D eigenvalue weighted by molar-refractivity contribution is 5.94. The van der Waals surface area contributed by atoms with Crippen molar-refractivity contribution in [1.29, 1.82) is 0 Å². The number of hydrogen-bond donors (Lipinski definition) is 1. The molecular weight excluding hydrogens is 228 g/mol. The lowest BCUT2D eigenvalue weighted by molar-refractivity contribution is -0.144. The average Bonchev–Trinajstić information content (AvgIpc) is 2.29. The highest BCUT2D eigenvalue weighted by atomic mass is 16.2. The molecule has 1 N–H and O–H groups in total. The lowest BCUT2D eigenvalue weighted by Gasteiger charge is -2.33. The maximum Gasteiger partial charge on any atom is 0.245 e. The van der Waals surface area contributed by atoms with Crippen LogP contribution in [-0.2, 0) is 9.59 Å². The van der Waals surface area contributed by atoms with Crippen molar-refractivity contribution in [2.75, 3.05) is 13.1 Å². The van der Waals surface area contributed by atoms with Gasteiger partial charge >= 0.3 is 0 Å². The molecule has 100 valence electrons. The molecule has 1 fully saturated rings. The quantitative estimate of drug-likeness (QED) is 0.568. The molecule has 4 nitrogen and oxygen atoms in total. The van der Waals surface area contributed by atoms with Crippen LogP contribution < -0.4 is 5.32 Å². The summed E-state index contributed by atoms with van der Waals surface area (Å²) in [6.07, 6.45) is 8.36. The standard InChI is InChI=1S/C14H22N2O2/c1-4-5-6-7-8-16-10-13(17)15-12(14(16)18)9-11(2)3/h1,11-12H,5-10H2,2-3H3,(H,15,17). The fraction of sp³-hybridized carbons (Fsp3) is 0.714. The van der Waals surface area contributed by atoms with E-state index < -0.39 is 0 Å². The van der Waals surface area contributed by atoms with E-state index in [4.69, 9.17) is 6.42 Å². The summed E-state index contributed by atoms with van der Waals surface area (Å²) in [5.74, 6) is 2.95. The van der Waals surface area contributed by atoms with E-state index >= 15 is 0 Å². The van der Waals surface area contributed by atoms with Gasteiger partial charge in [0.1, 0.15) is 6.04 Å². The molecule has 1 unspecified atom stereocenters. The number of terminal acetylenes is 1. The topological polar surface area (TPSA) is 49.4 Å². The molecule has 4 heteroatoms.